The summed E-state index contributed by atoms with van der Waals surface area (Å²) in [5.74, 6) is 1.80. The summed E-state index contributed by atoms with van der Waals surface area (Å²) >= 11 is 0. The number of nitrogens with one attached hydrogen (secondary N) is 1. The lowest BCUT2D eigenvalue weighted by atomic mass is 10.1. The van der Waals surface area contributed by atoms with Crippen LogP contribution in [0.1, 0.15) is 32.4 Å². The molecular weight excluding hydrogens is 278 g/mol. The molecule has 124 valence electrons. The molecule has 0 aromatic carbocycles. The van der Waals surface area contributed by atoms with Crippen LogP contribution in [0.25, 0.3) is 0 Å². The molecule has 0 atom stereocenters. The summed E-state index contributed by atoms with van der Waals surface area (Å²) < 4.78 is 4.89. The zero-order chi connectivity index (χ0) is 15.8. The second-order valence-corrected chi connectivity index (χ2v) is 6.26. The molecule has 2 rings (SSSR count). The van der Waals surface area contributed by atoms with Crippen LogP contribution >= 0.6 is 0 Å². The predicted octanol–water partition coefficient (Wildman–Crippen LogP) is 1.80. The van der Waals surface area contributed by atoms with E-state index in [1.165, 1.54) is 12.8 Å². The molecule has 6 nitrogen and oxygen atoms in total. The molecule has 0 bridgehead atoms. The van der Waals surface area contributed by atoms with E-state index >= 15 is 0 Å². The lowest BCUT2D eigenvalue weighted by Crippen LogP contribution is -2.52. The highest BCUT2D eigenvalue weighted by molar-refractivity contribution is 5.79. The van der Waals surface area contributed by atoms with Gasteiger partial charge in [0.15, 0.2) is 5.96 Å². The largest absolute Gasteiger partial charge is 0.364 e. The number of nitrogens with zero attached hydrogens (tertiary/aromatic N) is 4. The maximum absolute atomic E-state index is 4.89. The van der Waals surface area contributed by atoms with Gasteiger partial charge in [-0.05, 0) is 18.8 Å². The number of hydrogen-bond acceptors (Lipinski definition) is 4. The highest BCUT2D eigenvalue weighted by Gasteiger charge is 2.19. The van der Waals surface area contributed by atoms with Crippen LogP contribution in [0.3, 0.4) is 0 Å². The van der Waals surface area contributed by atoms with Crippen LogP contribution in [-0.4, -0.2) is 60.7 Å². The third kappa shape index (κ3) is 5.33. The summed E-state index contributed by atoms with van der Waals surface area (Å²) in [4.78, 5) is 9.16. The van der Waals surface area contributed by atoms with Crippen molar-refractivity contribution in [3.8, 4) is 0 Å². The quantitative estimate of drug-likeness (QED) is 0.493. The number of aliphatic imine (C=N–C) groups is 1. The summed E-state index contributed by atoms with van der Waals surface area (Å²) in [5.41, 5.74) is 1.00. The van der Waals surface area contributed by atoms with E-state index in [9.17, 15) is 0 Å². The Balaban J connectivity index is 1.70. The highest BCUT2D eigenvalue weighted by Crippen LogP contribution is 2.07. The molecule has 0 spiro atoms. The second kappa shape index (κ2) is 8.78. The van der Waals surface area contributed by atoms with Gasteiger partial charge in [0.1, 0.15) is 6.26 Å². The van der Waals surface area contributed by atoms with Crippen molar-refractivity contribution in [1.29, 1.82) is 0 Å². The van der Waals surface area contributed by atoms with Crippen molar-refractivity contribution in [2.75, 3.05) is 39.8 Å². The fourth-order valence-corrected chi connectivity index (χ4v) is 2.71. The molecule has 0 saturated carbocycles. The molecule has 0 radical (unpaired) electrons. The van der Waals surface area contributed by atoms with Crippen LogP contribution in [0.4, 0.5) is 0 Å². The van der Waals surface area contributed by atoms with Gasteiger partial charge in [-0.1, -0.05) is 19.0 Å². The number of piperazine rings is 1. The smallest absolute Gasteiger partial charge is 0.193 e. The van der Waals surface area contributed by atoms with Crippen LogP contribution in [0.15, 0.2) is 21.8 Å². The molecule has 2 heterocycles. The molecule has 0 amide bonds. The van der Waals surface area contributed by atoms with Crippen LogP contribution in [0.2, 0.25) is 0 Å². The van der Waals surface area contributed by atoms with Gasteiger partial charge in [-0.15, -0.1) is 0 Å². The van der Waals surface area contributed by atoms with Crippen molar-refractivity contribution in [2.45, 2.75) is 33.2 Å². The molecule has 1 aliphatic rings. The third-order valence-corrected chi connectivity index (χ3v) is 4.00. The van der Waals surface area contributed by atoms with Gasteiger partial charge in [0, 0.05) is 52.4 Å². The first kappa shape index (κ1) is 16.8. The Bertz CT molecular complexity index is 435. The molecular formula is C16H29N5O. The second-order valence-electron chi connectivity index (χ2n) is 6.26. The van der Waals surface area contributed by atoms with E-state index in [1.807, 2.05) is 13.1 Å². The maximum atomic E-state index is 4.89. The lowest BCUT2D eigenvalue weighted by Gasteiger charge is -2.36. The normalized spacial score (nSPS) is 17.3. The van der Waals surface area contributed by atoms with Crippen molar-refractivity contribution < 1.29 is 4.52 Å². The van der Waals surface area contributed by atoms with Crippen LogP contribution < -0.4 is 5.32 Å². The summed E-state index contributed by atoms with van der Waals surface area (Å²) in [6.45, 7) is 10.5. The first-order valence-electron chi connectivity index (χ1n) is 8.26. The van der Waals surface area contributed by atoms with Crippen molar-refractivity contribution in [3.63, 3.8) is 0 Å². The van der Waals surface area contributed by atoms with Crippen molar-refractivity contribution in [2.24, 2.45) is 10.9 Å². The topological polar surface area (TPSA) is 56.9 Å². The molecule has 1 aromatic rings. The molecule has 1 aromatic heterocycles. The van der Waals surface area contributed by atoms with Crippen molar-refractivity contribution >= 4 is 5.96 Å². The monoisotopic (exact) mass is 307 g/mol. The number of aromatic nitrogens is 1. The zero-order valence-electron chi connectivity index (χ0n) is 14.1. The minimum absolute atomic E-state index is 0.767. The van der Waals surface area contributed by atoms with Gasteiger partial charge >= 0.3 is 0 Å². The Morgan fingerprint density at radius 3 is 2.73 bits per heavy atom. The van der Waals surface area contributed by atoms with Gasteiger partial charge < -0.3 is 14.7 Å². The zero-order valence-corrected chi connectivity index (χ0v) is 14.1. The minimum Gasteiger partial charge on any atom is -0.364 e. The Morgan fingerprint density at radius 1 is 1.36 bits per heavy atom. The summed E-state index contributed by atoms with van der Waals surface area (Å²) in [7, 11) is 1.87. The van der Waals surface area contributed by atoms with E-state index in [1.54, 1.807) is 6.26 Å². The molecule has 0 aliphatic carbocycles. The Kier molecular flexibility index (Phi) is 6.71. The van der Waals surface area contributed by atoms with Gasteiger partial charge in [0.2, 0.25) is 0 Å². The SMILES string of the molecule is CN=C(NCCCC(C)C)N1CCN(Cc2ccon2)CC1. The Morgan fingerprint density at radius 2 is 2.14 bits per heavy atom. The fourth-order valence-electron chi connectivity index (χ4n) is 2.71. The molecule has 1 saturated heterocycles. The van der Waals surface area contributed by atoms with Crippen LogP contribution in [-0.2, 0) is 6.54 Å². The Labute approximate surface area is 133 Å². The van der Waals surface area contributed by atoms with Crippen molar-refractivity contribution in [1.82, 2.24) is 20.3 Å². The summed E-state index contributed by atoms with van der Waals surface area (Å²) in [5, 5.41) is 7.46. The standard InChI is InChI=1S/C16H29N5O/c1-14(2)5-4-7-18-16(17-3)21-10-8-20(9-11-21)13-15-6-12-22-19-15/h6,12,14H,4-5,7-11,13H2,1-3H3,(H,17,18). The molecule has 1 N–H and O–H groups in total. The summed E-state index contributed by atoms with van der Waals surface area (Å²) in [6.07, 6.45) is 4.09. The van der Waals surface area contributed by atoms with Gasteiger partial charge in [0.05, 0.1) is 5.69 Å². The van der Waals surface area contributed by atoms with E-state index in [2.05, 4.69) is 39.1 Å². The number of hydrogen-bond donors (Lipinski definition) is 1. The first-order chi connectivity index (χ1) is 10.7. The van der Waals surface area contributed by atoms with E-state index in [-0.39, 0.29) is 0 Å². The average molecular weight is 307 g/mol. The van der Waals surface area contributed by atoms with Gasteiger partial charge in [-0.3, -0.25) is 9.89 Å². The van der Waals surface area contributed by atoms with Crippen LogP contribution in [0, 0.1) is 5.92 Å². The third-order valence-electron chi connectivity index (χ3n) is 4.00. The van der Waals surface area contributed by atoms with E-state index in [0.29, 0.717) is 0 Å². The molecule has 1 aliphatic heterocycles. The van der Waals surface area contributed by atoms with E-state index in [0.717, 1.165) is 56.8 Å². The fraction of sp³-hybridized carbons (Fsp3) is 0.750. The van der Waals surface area contributed by atoms with Gasteiger partial charge in [-0.2, -0.15) is 0 Å². The molecule has 22 heavy (non-hydrogen) atoms. The average Bonchev–Trinajstić information content (AvgIpc) is 3.01. The first-order valence-corrected chi connectivity index (χ1v) is 8.26. The summed E-state index contributed by atoms with van der Waals surface area (Å²) in [6, 6.07) is 1.93. The van der Waals surface area contributed by atoms with E-state index < -0.39 is 0 Å². The highest BCUT2D eigenvalue weighted by atomic mass is 16.5. The van der Waals surface area contributed by atoms with Gasteiger partial charge in [-0.25, -0.2) is 0 Å². The van der Waals surface area contributed by atoms with Crippen LogP contribution in [0.5, 0.6) is 0 Å². The number of rotatable bonds is 6. The lowest BCUT2D eigenvalue weighted by molar-refractivity contribution is 0.169. The van der Waals surface area contributed by atoms with E-state index in [4.69, 9.17) is 4.52 Å². The minimum atomic E-state index is 0.767. The van der Waals surface area contributed by atoms with Crippen molar-refractivity contribution in [3.05, 3.63) is 18.0 Å². The van der Waals surface area contributed by atoms with Gasteiger partial charge in [0.25, 0.3) is 0 Å². The predicted molar refractivity (Wildman–Crippen MR) is 88.8 cm³/mol. The number of guanidine groups is 1. The molecule has 6 heteroatoms. The Hall–Kier alpha value is -1.56. The molecule has 1 fully saturated rings. The molecule has 0 unspecified atom stereocenters. The maximum Gasteiger partial charge on any atom is 0.193 e.